The molecule has 1 atom stereocenters. The zero-order valence-corrected chi connectivity index (χ0v) is 12.1. The average Bonchev–Trinajstić information content (AvgIpc) is 2.45. The van der Waals surface area contributed by atoms with Gasteiger partial charge in [-0.05, 0) is 42.7 Å². The number of aryl methyl sites for hydroxylation is 1. The van der Waals surface area contributed by atoms with E-state index in [4.69, 9.17) is 0 Å². The van der Waals surface area contributed by atoms with Gasteiger partial charge in [0.1, 0.15) is 5.75 Å². The molecule has 0 bridgehead atoms. The van der Waals surface area contributed by atoms with Gasteiger partial charge in [-0.3, -0.25) is 0 Å². The number of hydrogen-bond acceptors (Lipinski definition) is 2. The summed E-state index contributed by atoms with van der Waals surface area (Å²) >= 11 is 0. The zero-order chi connectivity index (χ0) is 15.2. The van der Waals surface area contributed by atoms with Gasteiger partial charge in [-0.15, -0.1) is 0 Å². The van der Waals surface area contributed by atoms with Gasteiger partial charge in [0.05, 0.1) is 0 Å². The summed E-state index contributed by atoms with van der Waals surface area (Å²) in [7, 11) is 0. The molecule has 1 N–H and O–H groups in total. The Kier molecular flexibility index (Phi) is 5.28. The van der Waals surface area contributed by atoms with Crippen LogP contribution in [0.2, 0.25) is 0 Å². The highest BCUT2D eigenvalue weighted by Gasteiger charge is 2.09. The third kappa shape index (κ3) is 4.53. The zero-order valence-electron chi connectivity index (χ0n) is 12.1. The summed E-state index contributed by atoms with van der Waals surface area (Å²) in [6, 6.07) is 15.0. The van der Waals surface area contributed by atoms with E-state index >= 15 is 0 Å². The Morgan fingerprint density at radius 1 is 1.10 bits per heavy atom. The molecule has 112 valence electrons. The van der Waals surface area contributed by atoms with Crippen LogP contribution in [0.5, 0.6) is 5.75 Å². The molecule has 0 aliphatic carbocycles. The minimum Gasteiger partial charge on any atom is -0.435 e. The van der Waals surface area contributed by atoms with Crippen molar-refractivity contribution in [3.05, 3.63) is 65.2 Å². The van der Waals surface area contributed by atoms with E-state index in [1.54, 1.807) is 12.1 Å². The SMILES string of the molecule is Cc1ccccc1CNC(C)c1cccc(OC(F)F)c1. The summed E-state index contributed by atoms with van der Waals surface area (Å²) in [4.78, 5) is 0. The summed E-state index contributed by atoms with van der Waals surface area (Å²) in [5.41, 5.74) is 3.37. The second-order valence-electron chi connectivity index (χ2n) is 4.98. The Morgan fingerprint density at radius 3 is 2.57 bits per heavy atom. The Hall–Kier alpha value is -1.94. The molecular formula is C17H19F2NO. The highest BCUT2D eigenvalue weighted by Crippen LogP contribution is 2.21. The Balaban J connectivity index is 2.00. The van der Waals surface area contributed by atoms with Crippen molar-refractivity contribution < 1.29 is 13.5 Å². The lowest BCUT2D eigenvalue weighted by Gasteiger charge is -2.16. The van der Waals surface area contributed by atoms with Crippen LogP contribution < -0.4 is 10.1 Å². The van der Waals surface area contributed by atoms with Crippen LogP contribution in [-0.4, -0.2) is 6.61 Å². The molecule has 21 heavy (non-hydrogen) atoms. The van der Waals surface area contributed by atoms with Crippen LogP contribution in [-0.2, 0) is 6.54 Å². The number of hydrogen-bond donors (Lipinski definition) is 1. The van der Waals surface area contributed by atoms with E-state index in [1.165, 1.54) is 17.2 Å². The molecule has 0 radical (unpaired) electrons. The average molecular weight is 291 g/mol. The van der Waals surface area contributed by atoms with Crippen molar-refractivity contribution in [1.29, 1.82) is 0 Å². The number of rotatable bonds is 6. The predicted octanol–water partition coefficient (Wildman–Crippen LogP) is 4.45. The molecular weight excluding hydrogens is 272 g/mol. The second kappa shape index (κ2) is 7.18. The Bertz CT molecular complexity index is 587. The van der Waals surface area contributed by atoms with Gasteiger partial charge in [-0.1, -0.05) is 36.4 Å². The maximum Gasteiger partial charge on any atom is 0.387 e. The fraction of sp³-hybridized carbons (Fsp3) is 0.294. The van der Waals surface area contributed by atoms with Gasteiger partial charge in [0.25, 0.3) is 0 Å². The standard InChI is InChI=1S/C17H19F2NO/c1-12-6-3-4-7-15(12)11-20-13(2)14-8-5-9-16(10-14)21-17(18)19/h3-10,13,17,20H,11H2,1-2H3. The molecule has 0 spiro atoms. The molecule has 2 rings (SSSR count). The predicted molar refractivity (Wildman–Crippen MR) is 79.5 cm³/mol. The number of nitrogens with one attached hydrogen (secondary N) is 1. The molecule has 1 unspecified atom stereocenters. The first-order valence-electron chi connectivity index (χ1n) is 6.89. The van der Waals surface area contributed by atoms with Crippen molar-refractivity contribution in [2.75, 3.05) is 0 Å². The lowest BCUT2D eigenvalue weighted by atomic mass is 10.1. The van der Waals surface area contributed by atoms with Gasteiger partial charge >= 0.3 is 6.61 Å². The van der Waals surface area contributed by atoms with Gasteiger partial charge in [-0.25, -0.2) is 0 Å². The van der Waals surface area contributed by atoms with Crippen molar-refractivity contribution in [2.24, 2.45) is 0 Å². The third-order valence-electron chi connectivity index (χ3n) is 3.44. The van der Waals surface area contributed by atoms with Gasteiger partial charge < -0.3 is 10.1 Å². The first-order valence-corrected chi connectivity index (χ1v) is 6.89. The molecule has 0 saturated heterocycles. The maximum atomic E-state index is 12.2. The van der Waals surface area contributed by atoms with E-state index in [0.717, 1.165) is 12.1 Å². The fourth-order valence-corrected chi connectivity index (χ4v) is 2.15. The quantitative estimate of drug-likeness (QED) is 0.849. The lowest BCUT2D eigenvalue weighted by molar-refractivity contribution is -0.0499. The van der Waals surface area contributed by atoms with E-state index in [1.807, 2.05) is 25.1 Å². The topological polar surface area (TPSA) is 21.3 Å². The molecule has 0 aromatic heterocycles. The van der Waals surface area contributed by atoms with E-state index in [0.29, 0.717) is 0 Å². The third-order valence-corrected chi connectivity index (χ3v) is 3.44. The summed E-state index contributed by atoms with van der Waals surface area (Å²) in [6.45, 7) is 2.00. The first kappa shape index (κ1) is 15.4. The smallest absolute Gasteiger partial charge is 0.387 e. The van der Waals surface area contributed by atoms with Gasteiger partial charge in [0.2, 0.25) is 0 Å². The minimum absolute atomic E-state index is 0.0471. The fourth-order valence-electron chi connectivity index (χ4n) is 2.15. The summed E-state index contributed by atoms with van der Waals surface area (Å²) in [5, 5.41) is 3.39. The number of halogens is 2. The van der Waals surface area contributed by atoms with Crippen molar-refractivity contribution >= 4 is 0 Å². The molecule has 2 aromatic carbocycles. The van der Waals surface area contributed by atoms with Crippen molar-refractivity contribution in [2.45, 2.75) is 33.0 Å². The molecule has 0 heterocycles. The van der Waals surface area contributed by atoms with Gasteiger partial charge in [0, 0.05) is 12.6 Å². The van der Waals surface area contributed by atoms with Crippen LogP contribution in [0.4, 0.5) is 8.78 Å². The molecule has 0 saturated carbocycles. The van der Waals surface area contributed by atoms with Gasteiger partial charge in [-0.2, -0.15) is 8.78 Å². The van der Waals surface area contributed by atoms with Crippen molar-refractivity contribution in [3.8, 4) is 5.75 Å². The Morgan fingerprint density at radius 2 is 1.86 bits per heavy atom. The number of benzene rings is 2. The summed E-state index contributed by atoms with van der Waals surface area (Å²) < 4.78 is 28.9. The maximum absolute atomic E-state index is 12.2. The summed E-state index contributed by atoms with van der Waals surface area (Å²) in [6.07, 6.45) is 0. The van der Waals surface area contributed by atoms with E-state index < -0.39 is 6.61 Å². The molecule has 2 nitrogen and oxygen atoms in total. The number of ether oxygens (including phenoxy) is 1. The molecule has 0 amide bonds. The van der Waals surface area contributed by atoms with E-state index in [2.05, 4.69) is 29.1 Å². The Labute approximate surface area is 123 Å². The monoisotopic (exact) mass is 291 g/mol. The highest BCUT2D eigenvalue weighted by molar-refractivity contribution is 5.31. The lowest BCUT2D eigenvalue weighted by Crippen LogP contribution is -2.18. The first-order chi connectivity index (χ1) is 10.1. The van der Waals surface area contributed by atoms with Crippen molar-refractivity contribution in [3.63, 3.8) is 0 Å². The van der Waals surface area contributed by atoms with Crippen LogP contribution in [0.3, 0.4) is 0 Å². The molecule has 0 aliphatic heterocycles. The van der Waals surface area contributed by atoms with E-state index in [-0.39, 0.29) is 11.8 Å². The molecule has 4 heteroatoms. The van der Waals surface area contributed by atoms with Crippen molar-refractivity contribution in [1.82, 2.24) is 5.32 Å². The second-order valence-corrected chi connectivity index (χ2v) is 4.98. The number of alkyl halides is 2. The van der Waals surface area contributed by atoms with Crippen LogP contribution in [0.1, 0.15) is 29.7 Å². The molecule has 0 aliphatic rings. The largest absolute Gasteiger partial charge is 0.435 e. The van der Waals surface area contributed by atoms with Crippen LogP contribution in [0.15, 0.2) is 48.5 Å². The summed E-state index contributed by atoms with van der Waals surface area (Å²) in [5.74, 6) is 0.187. The normalized spacial score (nSPS) is 12.4. The van der Waals surface area contributed by atoms with Crippen LogP contribution in [0, 0.1) is 6.92 Å². The molecule has 0 fully saturated rings. The van der Waals surface area contributed by atoms with E-state index in [9.17, 15) is 8.78 Å². The highest BCUT2D eigenvalue weighted by atomic mass is 19.3. The molecule has 2 aromatic rings. The van der Waals surface area contributed by atoms with Gasteiger partial charge in [0.15, 0.2) is 0 Å². The van der Waals surface area contributed by atoms with Crippen LogP contribution in [0.25, 0.3) is 0 Å². The minimum atomic E-state index is -2.80. The van der Waals surface area contributed by atoms with Crippen LogP contribution >= 0.6 is 0 Å².